The minimum absolute atomic E-state index is 0.210. The fraction of sp³-hybridized carbons (Fsp3) is 0.500. The largest absolute Gasteiger partial charge is 0.497 e. The van der Waals surface area contributed by atoms with E-state index in [2.05, 4.69) is 40.0 Å². The van der Waals surface area contributed by atoms with Gasteiger partial charge in [-0.1, -0.05) is 38.5 Å². The minimum atomic E-state index is -3.55. The average Bonchev–Trinajstić information content (AvgIpc) is 3.45. The molecule has 1 aliphatic heterocycles. The van der Waals surface area contributed by atoms with Crippen molar-refractivity contribution in [1.82, 2.24) is 29.4 Å². The number of anilines is 2. The molecule has 314 valence electrons. The molecule has 14 nitrogen and oxygen atoms in total. The van der Waals surface area contributed by atoms with Gasteiger partial charge in [0.15, 0.2) is 5.82 Å². The van der Waals surface area contributed by atoms with Crippen molar-refractivity contribution in [3.05, 3.63) is 78.6 Å². The van der Waals surface area contributed by atoms with Crippen LogP contribution in [0.3, 0.4) is 0 Å². The smallest absolute Gasteiger partial charge is 0.399 e. The molecule has 4 aromatic rings. The molecule has 3 heterocycles. The molecule has 1 saturated heterocycles. The van der Waals surface area contributed by atoms with Crippen molar-refractivity contribution < 1.29 is 26.1 Å². The Morgan fingerprint density at radius 1 is 0.638 bits per heavy atom. The van der Waals surface area contributed by atoms with Crippen LogP contribution in [0, 0.1) is 0 Å². The summed E-state index contributed by atoms with van der Waals surface area (Å²) in [4.78, 5) is 16.3. The Balaban J connectivity index is 0.000000190. The van der Waals surface area contributed by atoms with E-state index in [1.54, 1.807) is 61.2 Å². The van der Waals surface area contributed by atoms with Gasteiger partial charge in [0.1, 0.15) is 0 Å². The van der Waals surface area contributed by atoms with Crippen molar-refractivity contribution in [2.24, 2.45) is 0 Å². The standard InChI is InChI=1S/C19H31BN2O4S.C17H22N4O2S.C4H3ClN2/c1-18(2)19(3,4)26-20(25-18)16-13-15(27(23,24)21-5)11-12-17(16)22-14-9-7-6-8-10-14;1-18-24(22,23)14-8-9-16(21-13-6-3-2-4-7-13)15(12-14)17-19-10-5-11-20-17;5-4-6-2-1-3-7-4/h11-14,21-22H,6-10H2,1-5H3;5,8-13,18,21H,2-4,6-7H2,1H3;1-3H. The lowest BCUT2D eigenvalue weighted by molar-refractivity contribution is 0.00578. The van der Waals surface area contributed by atoms with E-state index in [9.17, 15) is 16.8 Å². The fourth-order valence-electron chi connectivity index (χ4n) is 6.89. The van der Waals surface area contributed by atoms with Crippen molar-refractivity contribution in [2.75, 3.05) is 24.7 Å². The Kier molecular flexibility index (Phi) is 15.7. The van der Waals surface area contributed by atoms with Gasteiger partial charge in [-0.2, -0.15) is 0 Å². The van der Waals surface area contributed by atoms with Gasteiger partial charge in [-0.3, -0.25) is 0 Å². The first-order valence-corrected chi connectivity index (χ1v) is 23.1. The molecule has 0 atom stereocenters. The summed E-state index contributed by atoms with van der Waals surface area (Å²) in [6.07, 6.45) is 18.5. The summed E-state index contributed by atoms with van der Waals surface area (Å²) in [5, 5.41) is 7.45. The maximum atomic E-state index is 12.3. The topological polar surface area (TPSA) is 186 Å². The first-order chi connectivity index (χ1) is 27.5. The lowest BCUT2D eigenvalue weighted by Gasteiger charge is -2.32. The lowest BCUT2D eigenvalue weighted by Crippen LogP contribution is -2.41. The van der Waals surface area contributed by atoms with Gasteiger partial charge in [0.25, 0.3) is 0 Å². The van der Waals surface area contributed by atoms with Crippen molar-refractivity contribution in [3.8, 4) is 11.4 Å². The molecule has 2 saturated carbocycles. The average molecular weight is 855 g/mol. The monoisotopic (exact) mass is 854 g/mol. The molecular formula is C40H56BClN8O6S2. The highest BCUT2D eigenvalue weighted by molar-refractivity contribution is 7.89. The van der Waals surface area contributed by atoms with Crippen LogP contribution in [0.2, 0.25) is 5.28 Å². The molecule has 7 rings (SSSR count). The van der Waals surface area contributed by atoms with E-state index in [0.717, 1.165) is 42.5 Å². The van der Waals surface area contributed by atoms with Gasteiger partial charge < -0.3 is 19.9 Å². The molecule has 4 N–H and O–H groups in total. The van der Waals surface area contributed by atoms with Crippen molar-refractivity contribution in [1.29, 1.82) is 0 Å². The third kappa shape index (κ3) is 12.0. The molecule has 58 heavy (non-hydrogen) atoms. The maximum Gasteiger partial charge on any atom is 0.497 e. The first-order valence-electron chi connectivity index (χ1n) is 19.8. The van der Waals surface area contributed by atoms with Crippen LogP contribution in [0.25, 0.3) is 11.4 Å². The molecule has 0 radical (unpaired) electrons. The van der Waals surface area contributed by atoms with E-state index in [1.807, 2.05) is 39.8 Å². The summed E-state index contributed by atoms with van der Waals surface area (Å²) >= 11 is 5.32. The predicted octanol–water partition coefficient (Wildman–Crippen LogP) is 6.56. The number of nitrogens with zero attached hydrogens (tertiary/aromatic N) is 4. The van der Waals surface area contributed by atoms with Gasteiger partial charge in [-0.25, -0.2) is 46.2 Å². The Morgan fingerprint density at radius 3 is 1.52 bits per heavy atom. The summed E-state index contributed by atoms with van der Waals surface area (Å²) < 4.78 is 66.0. The van der Waals surface area contributed by atoms with E-state index >= 15 is 0 Å². The van der Waals surface area contributed by atoms with Gasteiger partial charge >= 0.3 is 7.12 Å². The predicted molar refractivity (Wildman–Crippen MR) is 230 cm³/mol. The molecule has 0 amide bonds. The quantitative estimate of drug-likeness (QED) is 0.0996. The number of sulfonamides is 2. The number of hydrogen-bond acceptors (Lipinski definition) is 12. The normalized spacial score (nSPS) is 18.3. The summed E-state index contributed by atoms with van der Waals surface area (Å²) in [5.41, 5.74) is 2.22. The summed E-state index contributed by atoms with van der Waals surface area (Å²) in [7, 11) is -4.86. The Bertz CT molecular complexity index is 2140. The van der Waals surface area contributed by atoms with Crippen molar-refractivity contribution in [3.63, 3.8) is 0 Å². The Hall–Kier alpha value is -3.71. The zero-order chi connectivity index (χ0) is 42.0. The van der Waals surface area contributed by atoms with E-state index in [1.165, 1.54) is 52.6 Å². The highest BCUT2D eigenvalue weighted by Crippen LogP contribution is 2.37. The molecular weight excluding hydrogens is 799 g/mol. The van der Waals surface area contributed by atoms with Crippen LogP contribution in [-0.4, -0.2) is 81.3 Å². The second-order valence-electron chi connectivity index (χ2n) is 15.5. The Morgan fingerprint density at radius 2 is 1.07 bits per heavy atom. The van der Waals surface area contributed by atoms with Crippen LogP contribution >= 0.6 is 11.6 Å². The highest BCUT2D eigenvalue weighted by Gasteiger charge is 2.52. The molecule has 3 fully saturated rings. The minimum Gasteiger partial charge on any atom is -0.399 e. The number of nitrogens with one attached hydrogen (secondary N) is 4. The lowest BCUT2D eigenvalue weighted by atomic mass is 9.77. The third-order valence-corrected chi connectivity index (χ3v) is 14.0. The molecule has 2 aromatic heterocycles. The van der Waals surface area contributed by atoms with Gasteiger partial charge in [-0.15, -0.1) is 0 Å². The maximum absolute atomic E-state index is 12.3. The molecule has 3 aliphatic rings. The van der Waals surface area contributed by atoms with Crippen LogP contribution in [0.5, 0.6) is 0 Å². The van der Waals surface area contributed by atoms with Crippen LogP contribution < -0.4 is 25.5 Å². The highest BCUT2D eigenvalue weighted by atomic mass is 35.5. The summed E-state index contributed by atoms with van der Waals surface area (Å²) in [6, 6.07) is 14.4. The van der Waals surface area contributed by atoms with E-state index < -0.39 is 38.4 Å². The SMILES string of the molecule is CNS(=O)(=O)c1ccc(NC2CCCCC2)c(-c2ncccn2)c1.CNS(=O)(=O)c1ccc(NC2CCCCC2)c(B2OC(C)(C)C(C)(C)O2)c1.Clc1ncccn1. The number of rotatable bonds is 10. The van der Waals surface area contributed by atoms with Gasteiger partial charge in [0, 0.05) is 59.3 Å². The summed E-state index contributed by atoms with van der Waals surface area (Å²) in [6.45, 7) is 7.98. The number of halogens is 1. The zero-order valence-corrected chi connectivity index (χ0v) is 36.6. The van der Waals surface area contributed by atoms with Gasteiger partial charge in [0.2, 0.25) is 25.3 Å². The van der Waals surface area contributed by atoms with Crippen LogP contribution in [0.1, 0.15) is 91.9 Å². The first kappa shape index (κ1) is 45.4. The number of hydrogen-bond donors (Lipinski definition) is 4. The van der Waals surface area contributed by atoms with Crippen LogP contribution in [-0.2, 0) is 29.4 Å². The van der Waals surface area contributed by atoms with E-state index in [4.69, 9.17) is 20.9 Å². The van der Waals surface area contributed by atoms with E-state index in [0.29, 0.717) is 28.8 Å². The molecule has 2 aromatic carbocycles. The van der Waals surface area contributed by atoms with Crippen LogP contribution in [0.15, 0.2) is 83.1 Å². The van der Waals surface area contributed by atoms with Crippen molar-refractivity contribution in [2.45, 2.75) is 125 Å². The Labute approximate surface area is 349 Å². The number of aromatic nitrogens is 4. The van der Waals surface area contributed by atoms with E-state index in [-0.39, 0.29) is 9.79 Å². The molecule has 0 bridgehead atoms. The third-order valence-electron chi connectivity index (χ3n) is 10.9. The van der Waals surface area contributed by atoms with Gasteiger partial charge in [0.05, 0.1) is 21.0 Å². The fourth-order valence-corrected chi connectivity index (χ4v) is 8.53. The number of benzene rings is 2. The second kappa shape index (κ2) is 20.0. The molecule has 2 aliphatic carbocycles. The van der Waals surface area contributed by atoms with Gasteiger partial charge in [-0.05, 0) is 128 Å². The second-order valence-corrected chi connectivity index (χ2v) is 19.6. The molecule has 0 spiro atoms. The van der Waals surface area contributed by atoms with Crippen molar-refractivity contribution >= 4 is 55.6 Å². The van der Waals surface area contributed by atoms with Crippen LogP contribution in [0.4, 0.5) is 11.4 Å². The molecule has 18 heteroatoms. The zero-order valence-electron chi connectivity index (χ0n) is 34.2. The summed E-state index contributed by atoms with van der Waals surface area (Å²) in [5.74, 6) is 0.518. The molecule has 0 unspecified atom stereocenters.